The molecule has 1 aliphatic heterocycles. The maximum absolute atomic E-state index is 11.9. The molecule has 1 aliphatic rings. The predicted octanol–water partition coefficient (Wildman–Crippen LogP) is 2.35. The van der Waals surface area contributed by atoms with E-state index in [1.165, 1.54) is 0 Å². The SMILES string of the molecule is NC1CCCS(=O)c2c(Br)cccc21. The fourth-order valence-corrected chi connectivity index (χ4v) is 4.07. The lowest BCUT2D eigenvalue weighted by atomic mass is 10.0. The van der Waals surface area contributed by atoms with Crippen molar-refractivity contribution in [1.29, 1.82) is 0 Å². The number of hydrogen-bond donors (Lipinski definition) is 1. The van der Waals surface area contributed by atoms with Gasteiger partial charge in [-0.15, -0.1) is 0 Å². The lowest BCUT2D eigenvalue weighted by Crippen LogP contribution is -2.10. The van der Waals surface area contributed by atoms with Crippen LogP contribution in [0, 0.1) is 0 Å². The number of fused-ring (bicyclic) bond motifs is 1. The van der Waals surface area contributed by atoms with Gasteiger partial charge in [-0.2, -0.15) is 0 Å². The quantitative estimate of drug-likeness (QED) is 0.789. The molecule has 2 unspecified atom stereocenters. The number of benzene rings is 1. The molecule has 0 amide bonds. The van der Waals surface area contributed by atoms with Crippen molar-refractivity contribution < 1.29 is 4.21 Å². The van der Waals surface area contributed by atoms with Crippen LogP contribution >= 0.6 is 15.9 Å². The van der Waals surface area contributed by atoms with Crippen LogP contribution in [0.25, 0.3) is 0 Å². The summed E-state index contributed by atoms with van der Waals surface area (Å²) in [5.41, 5.74) is 7.06. The maximum Gasteiger partial charge on any atom is 0.0577 e. The third-order valence-electron chi connectivity index (χ3n) is 2.47. The maximum atomic E-state index is 11.9. The topological polar surface area (TPSA) is 43.1 Å². The van der Waals surface area contributed by atoms with Gasteiger partial charge in [-0.3, -0.25) is 4.21 Å². The van der Waals surface area contributed by atoms with Crippen molar-refractivity contribution in [3.05, 3.63) is 28.2 Å². The van der Waals surface area contributed by atoms with E-state index in [2.05, 4.69) is 15.9 Å². The van der Waals surface area contributed by atoms with Crippen molar-refractivity contribution >= 4 is 26.7 Å². The van der Waals surface area contributed by atoms with Gasteiger partial charge in [0.15, 0.2) is 0 Å². The van der Waals surface area contributed by atoms with Crippen molar-refractivity contribution in [2.24, 2.45) is 5.73 Å². The van der Waals surface area contributed by atoms with Gasteiger partial charge in [0, 0.05) is 16.3 Å². The number of hydrogen-bond acceptors (Lipinski definition) is 2. The second-order valence-corrected chi connectivity index (χ2v) is 5.82. The molecule has 2 N–H and O–H groups in total. The van der Waals surface area contributed by atoms with E-state index >= 15 is 0 Å². The van der Waals surface area contributed by atoms with Crippen LogP contribution in [0.2, 0.25) is 0 Å². The van der Waals surface area contributed by atoms with Crippen molar-refractivity contribution in [1.82, 2.24) is 0 Å². The summed E-state index contributed by atoms with van der Waals surface area (Å²) in [5.74, 6) is 0.726. The van der Waals surface area contributed by atoms with Gasteiger partial charge in [-0.1, -0.05) is 12.1 Å². The van der Waals surface area contributed by atoms with Crippen LogP contribution < -0.4 is 5.73 Å². The fourth-order valence-electron chi connectivity index (χ4n) is 1.75. The van der Waals surface area contributed by atoms with E-state index in [9.17, 15) is 4.21 Å². The Morgan fingerprint density at radius 3 is 3.07 bits per heavy atom. The van der Waals surface area contributed by atoms with Gasteiger partial charge in [-0.25, -0.2) is 0 Å². The highest BCUT2D eigenvalue weighted by Crippen LogP contribution is 2.32. The van der Waals surface area contributed by atoms with Gasteiger partial charge in [0.1, 0.15) is 0 Å². The summed E-state index contributed by atoms with van der Waals surface area (Å²) in [6.07, 6.45) is 1.87. The second kappa shape index (κ2) is 4.13. The van der Waals surface area contributed by atoms with Gasteiger partial charge < -0.3 is 5.73 Å². The van der Waals surface area contributed by atoms with Crippen LogP contribution in [-0.2, 0) is 10.8 Å². The largest absolute Gasteiger partial charge is 0.324 e. The van der Waals surface area contributed by atoms with Crippen molar-refractivity contribution in [2.75, 3.05) is 5.75 Å². The Balaban J connectivity index is 2.59. The highest BCUT2D eigenvalue weighted by atomic mass is 79.9. The van der Waals surface area contributed by atoms with Crippen LogP contribution in [-0.4, -0.2) is 9.96 Å². The van der Waals surface area contributed by atoms with Crippen LogP contribution in [0.4, 0.5) is 0 Å². The number of rotatable bonds is 0. The number of nitrogens with two attached hydrogens (primary N) is 1. The summed E-state index contributed by atoms with van der Waals surface area (Å²) in [6, 6.07) is 5.89. The third-order valence-corrected chi connectivity index (χ3v) is 4.96. The molecule has 1 aromatic rings. The summed E-state index contributed by atoms with van der Waals surface area (Å²) in [7, 11) is -0.892. The van der Waals surface area contributed by atoms with E-state index in [4.69, 9.17) is 5.73 Å². The molecule has 0 radical (unpaired) electrons. The van der Waals surface area contributed by atoms with E-state index < -0.39 is 10.8 Å². The summed E-state index contributed by atoms with van der Waals surface area (Å²) in [5, 5.41) is 0. The molecule has 2 atom stereocenters. The minimum absolute atomic E-state index is 0.0361. The minimum atomic E-state index is -0.892. The first kappa shape index (κ1) is 10.3. The molecule has 1 aromatic carbocycles. The zero-order chi connectivity index (χ0) is 10.1. The zero-order valence-corrected chi connectivity index (χ0v) is 10.1. The van der Waals surface area contributed by atoms with Crippen LogP contribution in [0.15, 0.2) is 27.6 Å². The van der Waals surface area contributed by atoms with Crippen molar-refractivity contribution in [3.8, 4) is 0 Å². The average molecular weight is 274 g/mol. The molecule has 76 valence electrons. The Morgan fingerprint density at radius 2 is 2.29 bits per heavy atom. The Kier molecular flexibility index (Phi) is 3.04. The second-order valence-electron chi connectivity index (χ2n) is 3.46. The standard InChI is InChI=1S/C10H12BrNOS/c11-8-4-1-3-7-9(12)5-2-6-14(13)10(7)8/h1,3-4,9H,2,5-6,12H2. The molecule has 0 saturated heterocycles. The molecule has 14 heavy (non-hydrogen) atoms. The van der Waals surface area contributed by atoms with E-state index in [1.807, 2.05) is 18.2 Å². The summed E-state index contributed by atoms with van der Waals surface area (Å²) >= 11 is 3.44. The van der Waals surface area contributed by atoms with Gasteiger partial charge in [0.2, 0.25) is 0 Å². The van der Waals surface area contributed by atoms with Crippen LogP contribution in [0.1, 0.15) is 24.4 Å². The van der Waals surface area contributed by atoms with E-state index in [1.54, 1.807) is 0 Å². The van der Waals surface area contributed by atoms with E-state index in [-0.39, 0.29) is 6.04 Å². The highest BCUT2D eigenvalue weighted by Gasteiger charge is 2.21. The van der Waals surface area contributed by atoms with Crippen LogP contribution in [0.3, 0.4) is 0 Å². The fraction of sp³-hybridized carbons (Fsp3) is 0.400. The van der Waals surface area contributed by atoms with Gasteiger partial charge in [-0.05, 0) is 40.4 Å². The van der Waals surface area contributed by atoms with Crippen molar-refractivity contribution in [2.45, 2.75) is 23.8 Å². The molecule has 2 nitrogen and oxygen atoms in total. The molecule has 2 rings (SSSR count). The Morgan fingerprint density at radius 1 is 1.50 bits per heavy atom. The smallest absolute Gasteiger partial charge is 0.0577 e. The zero-order valence-electron chi connectivity index (χ0n) is 7.70. The first-order valence-electron chi connectivity index (χ1n) is 4.62. The summed E-state index contributed by atoms with van der Waals surface area (Å²) < 4.78 is 12.8. The monoisotopic (exact) mass is 273 g/mol. The van der Waals surface area contributed by atoms with Gasteiger partial charge in [0.25, 0.3) is 0 Å². The molecule has 1 heterocycles. The Hall–Kier alpha value is -0.190. The molecule has 0 bridgehead atoms. The average Bonchev–Trinajstić information content (AvgIpc) is 2.29. The molecular formula is C10H12BrNOS. The predicted molar refractivity (Wildman–Crippen MR) is 61.6 cm³/mol. The first-order chi connectivity index (χ1) is 6.70. The van der Waals surface area contributed by atoms with Gasteiger partial charge >= 0.3 is 0 Å². The molecule has 0 spiro atoms. The Labute approximate surface area is 94.5 Å². The minimum Gasteiger partial charge on any atom is -0.324 e. The molecule has 4 heteroatoms. The van der Waals surface area contributed by atoms with Crippen LogP contribution in [0.5, 0.6) is 0 Å². The highest BCUT2D eigenvalue weighted by molar-refractivity contribution is 9.10. The molecule has 0 aromatic heterocycles. The van der Waals surface area contributed by atoms with E-state index in [0.717, 1.165) is 33.5 Å². The summed E-state index contributed by atoms with van der Waals surface area (Å²) in [4.78, 5) is 0.900. The number of halogens is 1. The molecule has 0 aliphatic carbocycles. The third kappa shape index (κ3) is 1.78. The normalized spacial score (nSPS) is 26.7. The van der Waals surface area contributed by atoms with Gasteiger partial charge in [0.05, 0.1) is 15.7 Å². The molecule has 0 fully saturated rings. The lowest BCUT2D eigenvalue weighted by Gasteiger charge is -2.12. The first-order valence-corrected chi connectivity index (χ1v) is 6.73. The lowest BCUT2D eigenvalue weighted by molar-refractivity contribution is 0.638. The molecular weight excluding hydrogens is 262 g/mol. The Bertz CT molecular complexity index is 380. The summed E-state index contributed by atoms with van der Waals surface area (Å²) in [6.45, 7) is 0. The van der Waals surface area contributed by atoms with Crippen molar-refractivity contribution in [3.63, 3.8) is 0 Å². The van der Waals surface area contributed by atoms with E-state index in [0.29, 0.717) is 0 Å². The molecule has 0 saturated carbocycles.